The van der Waals surface area contributed by atoms with Gasteiger partial charge in [-0.25, -0.2) is 0 Å². The van der Waals surface area contributed by atoms with Crippen molar-refractivity contribution in [1.82, 2.24) is 5.32 Å². The number of rotatable bonds is 8. The Hall–Kier alpha value is -1.02. The van der Waals surface area contributed by atoms with E-state index >= 15 is 0 Å². The zero-order chi connectivity index (χ0) is 12.8. The molecular weight excluding hydrogens is 220 g/mol. The number of hydrogen-bond donors (Lipinski definition) is 1. The van der Waals surface area contributed by atoms with E-state index in [9.17, 15) is 0 Å². The highest BCUT2D eigenvalue weighted by atomic mass is 15.1. The Labute approximate surface area is 111 Å². The lowest BCUT2D eigenvalue weighted by Crippen LogP contribution is -2.27. The zero-order valence-corrected chi connectivity index (χ0v) is 11.8. The second kappa shape index (κ2) is 6.79. The van der Waals surface area contributed by atoms with Gasteiger partial charge >= 0.3 is 0 Å². The van der Waals surface area contributed by atoms with E-state index in [0.717, 1.165) is 25.6 Å². The normalized spacial score (nSPS) is 14.8. The largest absolute Gasteiger partial charge is 0.371 e. The first-order valence-electron chi connectivity index (χ1n) is 7.38. The van der Waals surface area contributed by atoms with Crippen molar-refractivity contribution in [2.45, 2.75) is 39.7 Å². The second-order valence-electron chi connectivity index (χ2n) is 5.29. The minimum absolute atomic E-state index is 0.946. The molecule has 0 unspecified atom stereocenters. The van der Waals surface area contributed by atoms with Crippen LogP contribution in [0.15, 0.2) is 24.3 Å². The van der Waals surface area contributed by atoms with Crippen molar-refractivity contribution in [3.8, 4) is 0 Å². The van der Waals surface area contributed by atoms with E-state index in [1.165, 1.54) is 37.1 Å². The molecule has 0 amide bonds. The predicted molar refractivity (Wildman–Crippen MR) is 79.1 cm³/mol. The molecule has 0 radical (unpaired) electrons. The smallest absolute Gasteiger partial charge is 0.0411 e. The van der Waals surface area contributed by atoms with Gasteiger partial charge in [0.25, 0.3) is 0 Å². The molecule has 1 N–H and O–H groups in total. The van der Waals surface area contributed by atoms with Crippen LogP contribution in [0, 0.1) is 5.92 Å². The Morgan fingerprint density at radius 3 is 2.67 bits per heavy atom. The molecule has 1 aliphatic rings. The van der Waals surface area contributed by atoms with Crippen LogP contribution in [0.5, 0.6) is 0 Å². The minimum Gasteiger partial charge on any atom is -0.371 e. The van der Waals surface area contributed by atoms with E-state index in [1.807, 2.05) is 0 Å². The third-order valence-electron chi connectivity index (χ3n) is 3.63. The van der Waals surface area contributed by atoms with Gasteiger partial charge in [0.2, 0.25) is 0 Å². The van der Waals surface area contributed by atoms with Gasteiger partial charge in [-0.1, -0.05) is 25.1 Å². The Kier molecular flexibility index (Phi) is 5.06. The highest BCUT2D eigenvalue weighted by Gasteiger charge is 2.24. The van der Waals surface area contributed by atoms with Crippen molar-refractivity contribution in [3.63, 3.8) is 0 Å². The summed E-state index contributed by atoms with van der Waals surface area (Å²) < 4.78 is 0. The summed E-state index contributed by atoms with van der Waals surface area (Å²) in [6, 6.07) is 8.84. The molecule has 2 nitrogen and oxygen atoms in total. The molecule has 0 heterocycles. The third-order valence-corrected chi connectivity index (χ3v) is 3.63. The number of para-hydroxylation sites is 1. The van der Waals surface area contributed by atoms with Gasteiger partial charge in [0, 0.05) is 25.3 Å². The molecule has 0 atom stereocenters. The molecule has 2 rings (SSSR count). The first kappa shape index (κ1) is 13.4. The Balaban J connectivity index is 2.03. The Morgan fingerprint density at radius 2 is 2.00 bits per heavy atom. The monoisotopic (exact) mass is 246 g/mol. The fourth-order valence-electron chi connectivity index (χ4n) is 2.38. The lowest BCUT2D eigenvalue weighted by atomic mass is 10.1. The van der Waals surface area contributed by atoms with Gasteiger partial charge in [0.15, 0.2) is 0 Å². The van der Waals surface area contributed by atoms with Crippen LogP contribution in [0.4, 0.5) is 5.69 Å². The molecule has 1 aromatic carbocycles. The summed E-state index contributed by atoms with van der Waals surface area (Å²) in [5.41, 5.74) is 2.86. The van der Waals surface area contributed by atoms with Crippen LogP contribution in [0.25, 0.3) is 0 Å². The topological polar surface area (TPSA) is 15.3 Å². The van der Waals surface area contributed by atoms with Crippen LogP contribution in [-0.2, 0) is 6.54 Å². The highest BCUT2D eigenvalue weighted by molar-refractivity contribution is 5.53. The van der Waals surface area contributed by atoms with Crippen molar-refractivity contribution in [2.75, 3.05) is 24.5 Å². The fraction of sp³-hybridized carbons (Fsp3) is 0.625. The van der Waals surface area contributed by atoms with Crippen molar-refractivity contribution in [1.29, 1.82) is 0 Å². The SMILES string of the molecule is CCCNCc1ccccc1N(CC)CC1CC1. The number of benzene rings is 1. The number of nitrogens with one attached hydrogen (secondary N) is 1. The van der Waals surface area contributed by atoms with Gasteiger partial charge in [-0.2, -0.15) is 0 Å². The summed E-state index contributed by atoms with van der Waals surface area (Å²) in [6.45, 7) is 8.92. The summed E-state index contributed by atoms with van der Waals surface area (Å²) in [7, 11) is 0. The van der Waals surface area contributed by atoms with E-state index in [0.29, 0.717) is 0 Å². The van der Waals surface area contributed by atoms with E-state index in [4.69, 9.17) is 0 Å². The summed E-state index contributed by atoms with van der Waals surface area (Å²) >= 11 is 0. The molecule has 1 saturated carbocycles. The quantitative estimate of drug-likeness (QED) is 0.707. The maximum Gasteiger partial charge on any atom is 0.0411 e. The van der Waals surface area contributed by atoms with Crippen molar-refractivity contribution >= 4 is 5.69 Å². The van der Waals surface area contributed by atoms with Gasteiger partial charge in [-0.05, 0) is 50.3 Å². The summed E-state index contributed by atoms with van der Waals surface area (Å²) in [4.78, 5) is 2.54. The number of hydrogen-bond acceptors (Lipinski definition) is 2. The number of nitrogens with zero attached hydrogens (tertiary/aromatic N) is 1. The highest BCUT2D eigenvalue weighted by Crippen LogP contribution is 2.32. The molecule has 0 bridgehead atoms. The van der Waals surface area contributed by atoms with Gasteiger partial charge in [0.05, 0.1) is 0 Å². The van der Waals surface area contributed by atoms with Gasteiger partial charge in [-0.3, -0.25) is 0 Å². The molecule has 0 aromatic heterocycles. The molecule has 18 heavy (non-hydrogen) atoms. The van der Waals surface area contributed by atoms with Crippen LogP contribution in [-0.4, -0.2) is 19.6 Å². The lowest BCUT2D eigenvalue weighted by molar-refractivity contribution is 0.669. The first-order valence-corrected chi connectivity index (χ1v) is 7.38. The molecule has 0 spiro atoms. The average Bonchev–Trinajstić information content (AvgIpc) is 3.21. The van der Waals surface area contributed by atoms with Crippen molar-refractivity contribution < 1.29 is 0 Å². The Bertz CT molecular complexity index is 358. The van der Waals surface area contributed by atoms with Crippen LogP contribution >= 0.6 is 0 Å². The molecule has 100 valence electrons. The maximum absolute atomic E-state index is 3.51. The zero-order valence-electron chi connectivity index (χ0n) is 11.8. The minimum atomic E-state index is 0.946. The van der Waals surface area contributed by atoms with E-state index in [-0.39, 0.29) is 0 Å². The van der Waals surface area contributed by atoms with Crippen LogP contribution in [0.2, 0.25) is 0 Å². The first-order chi connectivity index (χ1) is 8.85. The molecule has 1 aliphatic carbocycles. The maximum atomic E-state index is 3.51. The van der Waals surface area contributed by atoms with Crippen LogP contribution < -0.4 is 10.2 Å². The lowest BCUT2D eigenvalue weighted by Gasteiger charge is -2.26. The van der Waals surface area contributed by atoms with Gasteiger partial charge in [0.1, 0.15) is 0 Å². The standard InChI is InChI=1S/C16H26N2/c1-3-11-17-12-15-7-5-6-8-16(15)18(4-2)13-14-9-10-14/h5-8,14,17H,3-4,9-13H2,1-2H3. The van der Waals surface area contributed by atoms with Crippen molar-refractivity contribution in [3.05, 3.63) is 29.8 Å². The van der Waals surface area contributed by atoms with Gasteiger partial charge in [-0.15, -0.1) is 0 Å². The summed E-state index contributed by atoms with van der Waals surface area (Å²) in [5, 5.41) is 3.51. The van der Waals surface area contributed by atoms with E-state index in [2.05, 4.69) is 48.3 Å². The van der Waals surface area contributed by atoms with E-state index < -0.39 is 0 Å². The predicted octanol–water partition coefficient (Wildman–Crippen LogP) is 3.42. The van der Waals surface area contributed by atoms with Crippen molar-refractivity contribution in [2.24, 2.45) is 5.92 Å². The van der Waals surface area contributed by atoms with Crippen LogP contribution in [0.3, 0.4) is 0 Å². The van der Waals surface area contributed by atoms with Crippen LogP contribution in [0.1, 0.15) is 38.7 Å². The molecule has 2 heteroatoms. The molecule has 1 aromatic rings. The summed E-state index contributed by atoms with van der Waals surface area (Å²) in [6.07, 6.45) is 4.04. The third kappa shape index (κ3) is 3.74. The fourth-order valence-corrected chi connectivity index (χ4v) is 2.38. The molecule has 0 saturated heterocycles. The van der Waals surface area contributed by atoms with Gasteiger partial charge < -0.3 is 10.2 Å². The molecule has 1 fully saturated rings. The average molecular weight is 246 g/mol. The Morgan fingerprint density at radius 1 is 1.22 bits per heavy atom. The number of anilines is 1. The summed E-state index contributed by atoms with van der Waals surface area (Å²) in [5.74, 6) is 0.946. The molecule has 0 aliphatic heterocycles. The van der Waals surface area contributed by atoms with E-state index in [1.54, 1.807) is 0 Å². The second-order valence-corrected chi connectivity index (χ2v) is 5.29. The molecular formula is C16H26N2.